The van der Waals surface area contributed by atoms with Crippen LogP contribution in [0.1, 0.15) is 20.3 Å². The predicted molar refractivity (Wildman–Crippen MR) is 146 cm³/mol. The van der Waals surface area contributed by atoms with Crippen molar-refractivity contribution in [1.29, 1.82) is 0 Å². The van der Waals surface area contributed by atoms with E-state index in [1.807, 2.05) is 97.9 Å². The number of methoxy groups -OCH3 is 1. The average Bonchev–Trinajstić information content (AvgIpc) is 3.11. The minimum absolute atomic E-state index is 0.0301. The van der Waals surface area contributed by atoms with Crippen molar-refractivity contribution in [1.82, 2.24) is 0 Å². The van der Waals surface area contributed by atoms with Crippen LogP contribution in [0.3, 0.4) is 0 Å². The first-order valence-electron chi connectivity index (χ1n) is 12.2. The number of nitrogens with zero attached hydrogens (tertiary/aromatic N) is 1. The molecule has 0 aromatic heterocycles. The second-order valence-corrected chi connectivity index (χ2v) is 11.4. The highest BCUT2D eigenvalue weighted by atomic mass is 31.2. The van der Waals surface area contributed by atoms with Crippen molar-refractivity contribution in [2.45, 2.75) is 26.4 Å². The second kappa shape index (κ2) is 11.9. The van der Waals surface area contributed by atoms with Crippen molar-refractivity contribution in [2.75, 3.05) is 13.7 Å². The van der Waals surface area contributed by atoms with E-state index in [1.54, 1.807) is 13.0 Å². The Morgan fingerprint density at radius 1 is 0.865 bits per heavy atom. The molecule has 3 aromatic carbocycles. The summed E-state index contributed by atoms with van der Waals surface area (Å²) in [5, 5.41) is 2.93. The number of esters is 2. The quantitative estimate of drug-likeness (QED) is 0.332. The van der Waals surface area contributed by atoms with E-state index in [1.165, 1.54) is 7.11 Å². The predicted octanol–water partition coefficient (Wildman–Crippen LogP) is 4.85. The molecule has 7 heteroatoms. The maximum absolute atomic E-state index is 13.2. The Morgan fingerprint density at radius 3 is 1.78 bits per heavy atom. The van der Waals surface area contributed by atoms with Crippen LogP contribution in [0.15, 0.2) is 119 Å². The fraction of sp³-hybridized carbons (Fsp3) is 0.200. The van der Waals surface area contributed by atoms with Gasteiger partial charge in [0.25, 0.3) is 0 Å². The highest BCUT2D eigenvalue weighted by Crippen LogP contribution is 2.49. The normalized spacial score (nSPS) is 15.6. The van der Waals surface area contributed by atoms with E-state index < -0.39 is 19.0 Å². The summed E-state index contributed by atoms with van der Waals surface area (Å²) in [4.78, 5) is 26.2. The number of carbonyl (C=O) groups is 2. The van der Waals surface area contributed by atoms with Gasteiger partial charge in [-0.3, -0.25) is 0 Å². The summed E-state index contributed by atoms with van der Waals surface area (Å²) in [5.74, 6) is -1.25. The van der Waals surface area contributed by atoms with Crippen LogP contribution in [0.5, 0.6) is 0 Å². The molecule has 6 nitrogen and oxygen atoms in total. The summed E-state index contributed by atoms with van der Waals surface area (Å²) in [6, 6.07) is 30.0. The van der Waals surface area contributed by atoms with Gasteiger partial charge >= 0.3 is 11.9 Å². The Bertz CT molecular complexity index is 1260. The zero-order chi connectivity index (χ0) is 26.3. The van der Waals surface area contributed by atoms with Crippen molar-refractivity contribution in [3.63, 3.8) is 0 Å². The Hall–Kier alpha value is -3.89. The maximum Gasteiger partial charge on any atom is 0.344 e. The van der Waals surface area contributed by atoms with Crippen LogP contribution in [0.25, 0.3) is 0 Å². The summed E-state index contributed by atoms with van der Waals surface area (Å²) in [6.45, 7) is 3.77. The molecular weight excluding hydrogens is 485 g/mol. The maximum atomic E-state index is 13.2. The van der Waals surface area contributed by atoms with E-state index in [4.69, 9.17) is 19.0 Å². The van der Waals surface area contributed by atoms with Crippen LogP contribution < -0.4 is 15.9 Å². The van der Waals surface area contributed by atoms with Crippen LogP contribution >= 0.6 is 7.05 Å². The number of ether oxygens (including phenoxy) is 3. The molecule has 1 aliphatic rings. The molecular formula is C30H30NO5P. The molecule has 0 saturated carbocycles. The average molecular weight is 516 g/mol. The van der Waals surface area contributed by atoms with Gasteiger partial charge in [0.1, 0.15) is 11.7 Å². The molecule has 37 heavy (non-hydrogen) atoms. The van der Waals surface area contributed by atoms with E-state index in [-0.39, 0.29) is 29.7 Å². The van der Waals surface area contributed by atoms with Gasteiger partial charge in [0, 0.05) is 22.3 Å². The third-order valence-electron chi connectivity index (χ3n) is 5.97. The van der Waals surface area contributed by atoms with Crippen LogP contribution in [0.4, 0.5) is 0 Å². The molecule has 4 rings (SSSR count). The molecule has 1 aliphatic heterocycles. The third kappa shape index (κ3) is 5.45. The Morgan fingerprint density at radius 2 is 1.35 bits per heavy atom. The topological polar surface area (TPSA) is 74.2 Å². The lowest BCUT2D eigenvalue weighted by atomic mass is 10.1. The zero-order valence-corrected chi connectivity index (χ0v) is 22.1. The van der Waals surface area contributed by atoms with Gasteiger partial charge in [0.15, 0.2) is 0 Å². The van der Waals surface area contributed by atoms with Gasteiger partial charge in [0.05, 0.1) is 26.3 Å². The monoisotopic (exact) mass is 515 g/mol. The van der Waals surface area contributed by atoms with Gasteiger partial charge in [-0.2, -0.15) is 0 Å². The van der Waals surface area contributed by atoms with Crippen molar-refractivity contribution in [3.8, 4) is 0 Å². The van der Waals surface area contributed by atoms with Crippen LogP contribution in [-0.2, 0) is 23.8 Å². The van der Waals surface area contributed by atoms with E-state index in [0.29, 0.717) is 6.42 Å². The van der Waals surface area contributed by atoms with E-state index in [9.17, 15) is 9.59 Å². The molecule has 1 unspecified atom stereocenters. The van der Waals surface area contributed by atoms with Crippen molar-refractivity contribution in [2.24, 2.45) is 4.74 Å². The number of benzene rings is 3. The molecule has 0 bridgehead atoms. The first-order valence-corrected chi connectivity index (χ1v) is 13.9. The van der Waals surface area contributed by atoms with E-state index in [0.717, 1.165) is 15.9 Å². The first kappa shape index (κ1) is 26.2. The minimum Gasteiger partial charge on any atom is -0.474 e. The molecule has 3 aromatic rings. The van der Waals surface area contributed by atoms with E-state index in [2.05, 4.69) is 0 Å². The van der Waals surface area contributed by atoms with Gasteiger partial charge in [-0.1, -0.05) is 97.1 Å². The van der Waals surface area contributed by atoms with Crippen LogP contribution in [-0.4, -0.2) is 31.8 Å². The lowest BCUT2D eigenvalue weighted by Gasteiger charge is -2.28. The SMILES string of the molecule is CCOC(=O)C1=CCC(C)OC(N=P(c2ccccc2)(c2ccccc2)c2ccccc2)=C1C(=O)OC. The molecule has 0 N–H and O–H groups in total. The second-order valence-electron chi connectivity index (χ2n) is 8.42. The van der Waals surface area contributed by atoms with Gasteiger partial charge in [0.2, 0.25) is 5.88 Å². The fourth-order valence-corrected chi connectivity index (χ4v) is 7.72. The molecule has 0 aliphatic carbocycles. The molecule has 190 valence electrons. The minimum atomic E-state index is -2.77. The van der Waals surface area contributed by atoms with Gasteiger partial charge in [-0.25, -0.2) is 14.3 Å². The number of hydrogen-bond acceptors (Lipinski definition) is 6. The molecule has 1 atom stereocenters. The largest absolute Gasteiger partial charge is 0.474 e. The van der Waals surface area contributed by atoms with Gasteiger partial charge in [-0.15, -0.1) is 0 Å². The summed E-state index contributed by atoms with van der Waals surface area (Å²) in [5.41, 5.74) is 0.0709. The lowest BCUT2D eigenvalue weighted by Crippen LogP contribution is -2.26. The highest BCUT2D eigenvalue weighted by molar-refractivity contribution is 7.87. The summed E-state index contributed by atoms with van der Waals surface area (Å²) >= 11 is 0. The number of rotatable bonds is 7. The number of carbonyl (C=O) groups excluding carboxylic acids is 2. The summed E-state index contributed by atoms with van der Waals surface area (Å²) in [7, 11) is -1.50. The van der Waals surface area contributed by atoms with Crippen molar-refractivity contribution >= 4 is 34.9 Å². The Kier molecular flexibility index (Phi) is 8.42. The lowest BCUT2D eigenvalue weighted by molar-refractivity contribution is -0.141. The Labute approximate surface area is 217 Å². The highest BCUT2D eigenvalue weighted by Gasteiger charge is 2.34. The van der Waals surface area contributed by atoms with Crippen molar-refractivity contribution in [3.05, 3.63) is 114 Å². The first-order chi connectivity index (χ1) is 18.0. The molecule has 0 fully saturated rings. The molecule has 0 amide bonds. The fourth-order valence-electron chi connectivity index (χ4n) is 4.25. The molecule has 0 spiro atoms. The zero-order valence-electron chi connectivity index (χ0n) is 21.2. The van der Waals surface area contributed by atoms with Crippen LogP contribution in [0, 0.1) is 0 Å². The van der Waals surface area contributed by atoms with Gasteiger partial charge < -0.3 is 14.2 Å². The smallest absolute Gasteiger partial charge is 0.344 e. The van der Waals surface area contributed by atoms with E-state index >= 15 is 0 Å². The summed E-state index contributed by atoms with van der Waals surface area (Å²) in [6.07, 6.45) is 1.74. The molecule has 1 heterocycles. The third-order valence-corrected chi connectivity index (χ3v) is 9.58. The molecule has 0 saturated heterocycles. The van der Waals surface area contributed by atoms with Gasteiger partial charge in [-0.05, 0) is 13.8 Å². The molecule has 0 radical (unpaired) electrons. The van der Waals surface area contributed by atoms with Crippen molar-refractivity contribution < 1.29 is 23.8 Å². The number of hydrogen-bond donors (Lipinski definition) is 0. The van der Waals surface area contributed by atoms with Crippen LogP contribution in [0.2, 0.25) is 0 Å². The Balaban J connectivity index is 2.17. The standard InChI is InChI=1S/C30H30NO5P/c1-4-35-29(32)26-21-20-22(2)36-28(27(26)30(33)34-3)31-37(23-14-8-5-9-15-23,24-16-10-6-11-17-24)25-18-12-7-13-19-25/h5-19,21-22H,4,20H2,1-3H3. The summed E-state index contributed by atoms with van der Waals surface area (Å²) < 4.78 is 22.1.